The molecule has 0 aliphatic heterocycles. The summed E-state index contributed by atoms with van der Waals surface area (Å²) in [6, 6.07) is 3.99. The van der Waals surface area contributed by atoms with Crippen LogP contribution in [0.1, 0.15) is 16.7 Å². The number of ether oxygens (including phenoxy) is 1. The fourth-order valence-electron chi connectivity index (χ4n) is 1.70. The van der Waals surface area contributed by atoms with Crippen LogP contribution in [0.3, 0.4) is 0 Å². The Morgan fingerprint density at radius 1 is 1.24 bits per heavy atom. The Kier molecular flexibility index (Phi) is 4.70. The normalized spacial score (nSPS) is 10.8. The first kappa shape index (κ1) is 15.2. The SMILES string of the molecule is Cc1cc(Oc2ncc(/C=C/C(=O)O)cn2)cc(C)c1Br. The Hall–Kier alpha value is -2.21. The lowest BCUT2D eigenvalue weighted by Crippen LogP contribution is -1.94. The molecule has 0 saturated carbocycles. The summed E-state index contributed by atoms with van der Waals surface area (Å²) in [5, 5.41) is 8.54. The van der Waals surface area contributed by atoms with Crippen molar-refractivity contribution >= 4 is 28.0 Å². The molecule has 1 aromatic heterocycles. The van der Waals surface area contributed by atoms with Crippen molar-refractivity contribution < 1.29 is 14.6 Å². The third kappa shape index (κ3) is 4.13. The van der Waals surface area contributed by atoms with E-state index in [0.29, 0.717) is 11.3 Å². The molecule has 1 heterocycles. The zero-order valence-electron chi connectivity index (χ0n) is 11.5. The molecule has 6 heteroatoms. The molecule has 21 heavy (non-hydrogen) atoms. The van der Waals surface area contributed by atoms with E-state index in [1.165, 1.54) is 18.5 Å². The van der Waals surface area contributed by atoms with Crippen LogP contribution in [0.5, 0.6) is 11.8 Å². The highest BCUT2D eigenvalue weighted by Gasteiger charge is 2.05. The Labute approximate surface area is 130 Å². The van der Waals surface area contributed by atoms with Gasteiger partial charge >= 0.3 is 12.0 Å². The van der Waals surface area contributed by atoms with Crippen LogP contribution in [0.15, 0.2) is 35.1 Å². The van der Waals surface area contributed by atoms with Crippen LogP contribution >= 0.6 is 15.9 Å². The van der Waals surface area contributed by atoms with E-state index < -0.39 is 5.97 Å². The summed E-state index contributed by atoms with van der Waals surface area (Å²) in [7, 11) is 0. The number of nitrogens with zero attached hydrogens (tertiary/aromatic N) is 2. The maximum absolute atomic E-state index is 10.4. The second-order valence-electron chi connectivity index (χ2n) is 4.44. The molecule has 0 aliphatic carbocycles. The van der Waals surface area contributed by atoms with Gasteiger partial charge in [-0.25, -0.2) is 14.8 Å². The van der Waals surface area contributed by atoms with Gasteiger partial charge in [-0.3, -0.25) is 0 Å². The van der Waals surface area contributed by atoms with Crippen molar-refractivity contribution in [2.45, 2.75) is 13.8 Å². The number of carbonyl (C=O) groups is 1. The molecule has 0 unspecified atom stereocenters. The number of benzene rings is 1. The van der Waals surface area contributed by atoms with Crippen molar-refractivity contribution in [2.75, 3.05) is 0 Å². The molecule has 0 spiro atoms. The maximum Gasteiger partial charge on any atom is 0.328 e. The second-order valence-corrected chi connectivity index (χ2v) is 5.24. The van der Waals surface area contributed by atoms with Crippen molar-refractivity contribution in [3.8, 4) is 11.8 Å². The zero-order chi connectivity index (χ0) is 15.4. The van der Waals surface area contributed by atoms with Crippen LogP contribution < -0.4 is 4.74 Å². The molecular formula is C15H13BrN2O3. The summed E-state index contributed by atoms with van der Waals surface area (Å²) in [6.45, 7) is 3.95. The molecule has 0 bridgehead atoms. The molecule has 1 N–H and O–H groups in total. The Balaban J connectivity index is 2.15. The van der Waals surface area contributed by atoms with Crippen LogP contribution in [-0.2, 0) is 4.79 Å². The smallest absolute Gasteiger partial charge is 0.328 e. The zero-order valence-corrected chi connectivity index (χ0v) is 13.1. The van der Waals surface area contributed by atoms with E-state index in [9.17, 15) is 4.79 Å². The predicted molar refractivity (Wildman–Crippen MR) is 82.4 cm³/mol. The van der Waals surface area contributed by atoms with Crippen LogP contribution in [0.2, 0.25) is 0 Å². The fraction of sp³-hybridized carbons (Fsp3) is 0.133. The fourth-order valence-corrected chi connectivity index (χ4v) is 1.93. The molecule has 0 amide bonds. The summed E-state index contributed by atoms with van der Waals surface area (Å²) < 4.78 is 6.64. The lowest BCUT2D eigenvalue weighted by molar-refractivity contribution is -0.131. The van der Waals surface area contributed by atoms with Gasteiger partial charge in [-0.2, -0.15) is 0 Å². The minimum absolute atomic E-state index is 0.212. The first-order valence-corrected chi connectivity index (χ1v) is 6.92. The molecule has 2 aromatic rings. The van der Waals surface area contributed by atoms with Gasteiger partial charge in [0, 0.05) is 28.5 Å². The first-order chi connectivity index (χ1) is 9.95. The Morgan fingerprint density at radius 2 is 1.81 bits per heavy atom. The number of carboxylic acid groups (broad SMARTS) is 1. The largest absolute Gasteiger partial charge is 0.478 e. The summed E-state index contributed by atoms with van der Waals surface area (Å²) in [4.78, 5) is 18.5. The van der Waals surface area contributed by atoms with E-state index in [4.69, 9.17) is 9.84 Å². The quantitative estimate of drug-likeness (QED) is 0.852. The molecule has 108 valence electrons. The van der Waals surface area contributed by atoms with Crippen LogP contribution in [-0.4, -0.2) is 21.0 Å². The third-order valence-corrected chi connectivity index (χ3v) is 3.94. The molecule has 0 saturated heterocycles. The van der Waals surface area contributed by atoms with Gasteiger partial charge in [-0.05, 0) is 43.2 Å². The first-order valence-electron chi connectivity index (χ1n) is 6.13. The van der Waals surface area contributed by atoms with E-state index in [1.54, 1.807) is 0 Å². The Morgan fingerprint density at radius 3 is 2.33 bits per heavy atom. The lowest BCUT2D eigenvalue weighted by Gasteiger charge is -2.08. The van der Waals surface area contributed by atoms with Crippen LogP contribution in [0.25, 0.3) is 6.08 Å². The van der Waals surface area contributed by atoms with Crippen molar-refractivity contribution in [1.29, 1.82) is 0 Å². The molecule has 0 fully saturated rings. The third-order valence-electron chi connectivity index (χ3n) is 2.69. The lowest BCUT2D eigenvalue weighted by atomic mass is 10.1. The van der Waals surface area contributed by atoms with Gasteiger partial charge in [0.2, 0.25) is 0 Å². The molecule has 0 atom stereocenters. The molecule has 0 radical (unpaired) electrons. The van der Waals surface area contributed by atoms with Crippen molar-refractivity contribution in [3.05, 3.63) is 51.8 Å². The van der Waals surface area contributed by atoms with Crippen LogP contribution in [0, 0.1) is 13.8 Å². The summed E-state index contributed by atoms with van der Waals surface area (Å²) in [5.74, 6) is -0.363. The van der Waals surface area contributed by atoms with Gasteiger partial charge < -0.3 is 9.84 Å². The van der Waals surface area contributed by atoms with E-state index in [2.05, 4.69) is 25.9 Å². The van der Waals surface area contributed by atoms with E-state index in [1.807, 2.05) is 26.0 Å². The highest BCUT2D eigenvalue weighted by atomic mass is 79.9. The average molecular weight is 349 g/mol. The Bertz CT molecular complexity index is 674. The van der Waals surface area contributed by atoms with E-state index in [0.717, 1.165) is 21.7 Å². The minimum Gasteiger partial charge on any atom is -0.478 e. The number of rotatable bonds is 4. The predicted octanol–water partition coefficient (Wildman–Crippen LogP) is 3.75. The molecule has 1 aromatic carbocycles. The number of aliphatic carboxylic acids is 1. The number of carboxylic acids is 1. The number of aromatic nitrogens is 2. The van der Waals surface area contributed by atoms with Gasteiger partial charge in [0.25, 0.3) is 0 Å². The standard InChI is InChI=1S/C15H13BrN2O3/c1-9-5-12(6-10(2)14(9)16)21-15-17-7-11(8-18-15)3-4-13(19)20/h3-8H,1-2H3,(H,19,20)/b4-3+. The number of halogens is 1. The molecule has 0 aliphatic rings. The van der Waals surface area contributed by atoms with Gasteiger partial charge in [0.15, 0.2) is 0 Å². The molecular weight excluding hydrogens is 336 g/mol. The average Bonchev–Trinajstić information content (AvgIpc) is 2.44. The topological polar surface area (TPSA) is 72.3 Å². The highest BCUT2D eigenvalue weighted by Crippen LogP contribution is 2.28. The minimum atomic E-state index is -1.02. The van der Waals surface area contributed by atoms with Crippen LogP contribution in [0.4, 0.5) is 0 Å². The number of hydrogen-bond donors (Lipinski definition) is 1. The number of hydrogen-bond acceptors (Lipinski definition) is 4. The maximum atomic E-state index is 10.4. The highest BCUT2D eigenvalue weighted by molar-refractivity contribution is 9.10. The van der Waals surface area contributed by atoms with E-state index >= 15 is 0 Å². The van der Waals surface area contributed by atoms with Gasteiger partial charge in [-0.15, -0.1) is 0 Å². The summed E-state index contributed by atoms with van der Waals surface area (Å²) in [5.41, 5.74) is 2.71. The van der Waals surface area contributed by atoms with Gasteiger partial charge in [0.05, 0.1) is 0 Å². The van der Waals surface area contributed by atoms with Crippen molar-refractivity contribution in [1.82, 2.24) is 9.97 Å². The van der Waals surface area contributed by atoms with E-state index in [-0.39, 0.29) is 6.01 Å². The summed E-state index contributed by atoms with van der Waals surface area (Å²) >= 11 is 3.49. The van der Waals surface area contributed by atoms with Gasteiger partial charge in [-0.1, -0.05) is 15.9 Å². The molecule has 2 rings (SSSR count). The monoisotopic (exact) mass is 348 g/mol. The van der Waals surface area contributed by atoms with Gasteiger partial charge in [0.1, 0.15) is 5.75 Å². The van der Waals surface area contributed by atoms with Crippen molar-refractivity contribution in [3.63, 3.8) is 0 Å². The second kappa shape index (κ2) is 6.49. The van der Waals surface area contributed by atoms with Crippen molar-refractivity contribution in [2.24, 2.45) is 0 Å². The number of aryl methyl sites for hydroxylation is 2. The summed E-state index contributed by atoms with van der Waals surface area (Å²) in [6.07, 6.45) is 5.45. The molecule has 5 nitrogen and oxygen atoms in total.